The van der Waals surface area contributed by atoms with Gasteiger partial charge in [-0.2, -0.15) is 0 Å². The number of rotatable bonds is 5. The van der Waals surface area contributed by atoms with Crippen LogP contribution in [0.1, 0.15) is 5.56 Å². The molecule has 0 bridgehead atoms. The summed E-state index contributed by atoms with van der Waals surface area (Å²) < 4.78 is 0. The van der Waals surface area contributed by atoms with Gasteiger partial charge in [0.15, 0.2) is 0 Å². The molecule has 0 heterocycles. The van der Waals surface area contributed by atoms with Crippen molar-refractivity contribution in [3.05, 3.63) is 35.5 Å². The van der Waals surface area contributed by atoms with E-state index in [1.807, 2.05) is 0 Å². The molecule has 0 aliphatic heterocycles. The van der Waals surface area contributed by atoms with E-state index in [4.69, 9.17) is 0 Å². The molecule has 0 radical (unpaired) electrons. The highest BCUT2D eigenvalue weighted by Gasteiger charge is 2.12. The Morgan fingerprint density at radius 1 is 1.12 bits per heavy atom. The van der Waals surface area contributed by atoms with Crippen LogP contribution in [0.5, 0.6) is 0 Å². The second kappa shape index (κ2) is 6.37. The van der Waals surface area contributed by atoms with Crippen molar-refractivity contribution in [1.82, 2.24) is 0 Å². The van der Waals surface area contributed by atoms with Crippen molar-refractivity contribution < 1.29 is 0 Å². The fourth-order valence-electron chi connectivity index (χ4n) is 1.57. The van der Waals surface area contributed by atoms with E-state index in [1.54, 1.807) is 5.19 Å². The second-order valence-corrected chi connectivity index (χ2v) is 15.3. The molecule has 16 heavy (non-hydrogen) atoms. The maximum atomic E-state index is 2.48. The zero-order valence-corrected chi connectivity index (χ0v) is 14.9. The molecule has 0 fully saturated rings. The highest BCUT2D eigenvalue weighted by atomic mass is 28.4. The summed E-state index contributed by atoms with van der Waals surface area (Å²) in [5.74, 6) is 0. The molecule has 0 spiro atoms. The van der Waals surface area contributed by atoms with Crippen molar-refractivity contribution >= 4 is 38.4 Å². The topological polar surface area (TPSA) is 0 Å². The van der Waals surface area contributed by atoms with E-state index in [0.29, 0.717) is 0 Å². The summed E-state index contributed by atoms with van der Waals surface area (Å²) in [6.45, 7) is 9.74. The largest absolute Gasteiger partial charge is 0.101 e. The summed E-state index contributed by atoms with van der Waals surface area (Å²) in [4.78, 5) is 0. The number of hydrogen-bond acceptors (Lipinski definition) is 0. The molecule has 0 nitrogen and oxygen atoms in total. The maximum absolute atomic E-state index is 2.48. The molecule has 0 saturated heterocycles. The van der Waals surface area contributed by atoms with Gasteiger partial charge >= 0.3 is 0 Å². The molecule has 0 aromatic heterocycles. The van der Waals surface area contributed by atoms with Crippen LogP contribution in [0.4, 0.5) is 0 Å². The SMILES string of the molecule is C[SiH2]C=Cc1ccc([SiH2]C[Si](C)(C)C)cc1. The van der Waals surface area contributed by atoms with Crippen LogP contribution in [0, 0.1) is 0 Å². The Hall–Kier alpha value is -0.389. The first-order valence-electron chi connectivity index (χ1n) is 6.27. The average Bonchev–Trinajstić information content (AvgIpc) is 2.24. The quantitative estimate of drug-likeness (QED) is 0.713. The third kappa shape index (κ3) is 5.63. The van der Waals surface area contributed by atoms with Gasteiger partial charge in [0.25, 0.3) is 0 Å². The Labute approximate surface area is 106 Å². The van der Waals surface area contributed by atoms with E-state index in [9.17, 15) is 0 Å². The minimum Gasteiger partial charge on any atom is -0.101 e. The number of hydrogen-bond donors (Lipinski definition) is 0. The van der Waals surface area contributed by atoms with Crippen LogP contribution in [0.3, 0.4) is 0 Å². The number of benzene rings is 1. The van der Waals surface area contributed by atoms with E-state index in [-0.39, 0.29) is 19.0 Å². The van der Waals surface area contributed by atoms with Crippen molar-refractivity contribution in [2.75, 3.05) is 0 Å². The van der Waals surface area contributed by atoms with Crippen molar-refractivity contribution in [1.29, 1.82) is 0 Å². The standard InChI is InChI=1S/C13H24Si3/c1-14-10-9-12-5-7-13(8-6-12)15-11-16(2,3)4/h5-10H,11,14-15H2,1-4H3. The lowest BCUT2D eigenvalue weighted by Gasteiger charge is -2.14. The molecule has 0 aliphatic carbocycles. The van der Waals surface area contributed by atoms with Gasteiger partial charge in [-0.3, -0.25) is 0 Å². The summed E-state index contributed by atoms with van der Waals surface area (Å²) in [5, 5.41) is 1.63. The van der Waals surface area contributed by atoms with Crippen molar-refractivity contribution in [3.8, 4) is 0 Å². The highest BCUT2D eigenvalue weighted by molar-refractivity contribution is 6.85. The van der Waals surface area contributed by atoms with Gasteiger partial charge in [-0.15, -0.1) is 5.70 Å². The lowest BCUT2D eigenvalue weighted by atomic mass is 10.2. The van der Waals surface area contributed by atoms with Gasteiger partial charge in [0, 0.05) is 17.6 Å². The first kappa shape index (κ1) is 13.7. The van der Waals surface area contributed by atoms with E-state index < -0.39 is 8.07 Å². The molecule has 1 rings (SSSR count). The molecule has 0 aliphatic rings. The summed E-state index contributed by atoms with van der Waals surface area (Å²) in [5.41, 5.74) is 5.26. The van der Waals surface area contributed by atoms with Gasteiger partial charge in [-0.05, 0) is 5.56 Å². The van der Waals surface area contributed by atoms with Gasteiger partial charge < -0.3 is 0 Å². The summed E-state index contributed by atoms with van der Waals surface area (Å²) >= 11 is 0. The van der Waals surface area contributed by atoms with Gasteiger partial charge in [-0.25, -0.2) is 0 Å². The van der Waals surface area contributed by atoms with Crippen molar-refractivity contribution in [3.63, 3.8) is 0 Å². The first-order valence-corrected chi connectivity index (χ1v) is 13.9. The molecule has 0 N–H and O–H groups in total. The second-order valence-electron chi connectivity index (χ2n) is 5.61. The molecule has 1 aromatic carbocycles. The molecular formula is C13H24Si3. The zero-order valence-electron chi connectivity index (χ0n) is 11.1. The average molecular weight is 265 g/mol. The fourth-order valence-corrected chi connectivity index (χ4v) is 6.80. The van der Waals surface area contributed by atoms with Crippen LogP contribution in [0.15, 0.2) is 30.0 Å². The van der Waals surface area contributed by atoms with Crippen LogP contribution in [0.25, 0.3) is 6.08 Å². The van der Waals surface area contributed by atoms with Crippen LogP contribution >= 0.6 is 0 Å². The molecule has 0 atom stereocenters. The van der Waals surface area contributed by atoms with Crippen LogP contribution in [-0.4, -0.2) is 27.1 Å². The summed E-state index contributed by atoms with van der Waals surface area (Å²) in [6, 6.07) is 9.27. The normalized spacial score (nSPS) is 13.8. The molecular weight excluding hydrogens is 240 g/mol. The Kier molecular flexibility index (Phi) is 5.45. The maximum Gasteiger partial charge on any atom is 0.0521 e. The van der Waals surface area contributed by atoms with Gasteiger partial charge in [0.1, 0.15) is 0 Å². The lowest BCUT2D eigenvalue weighted by Crippen LogP contribution is -2.27. The van der Waals surface area contributed by atoms with Gasteiger partial charge in [0.05, 0.1) is 9.52 Å². The molecule has 0 unspecified atom stereocenters. The van der Waals surface area contributed by atoms with E-state index >= 15 is 0 Å². The van der Waals surface area contributed by atoms with Crippen molar-refractivity contribution in [2.24, 2.45) is 0 Å². The van der Waals surface area contributed by atoms with E-state index in [2.05, 4.69) is 62.2 Å². The lowest BCUT2D eigenvalue weighted by molar-refractivity contribution is 1.62. The molecule has 0 amide bonds. The van der Waals surface area contributed by atoms with E-state index in [1.165, 1.54) is 11.2 Å². The third-order valence-corrected chi connectivity index (χ3v) is 11.4. The predicted molar refractivity (Wildman–Crippen MR) is 86.2 cm³/mol. The Bertz CT molecular complexity index is 333. The first-order chi connectivity index (χ1) is 7.51. The summed E-state index contributed by atoms with van der Waals surface area (Å²) in [6.07, 6.45) is 2.27. The Balaban J connectivity index is 2.55. The third-order valence-electron chi connectivity index (χ3n) is 2.69. The fraction of sp³-hybridized carbons (Fsp3) is 0.385. The van der Waals surface area contributed by atoms with Crippen LogP contribution in [0.2, 0.25) is 31.9 Å². The minimum atomic E-state index is -0.821. The zero-order chi connectivity index (χ0) is 12.0. The molecule has 0 saturated carbocycles. The monoisotopic (exact) mass is 264 g/mol. The Morgan fingerprint density at radius 2 is 1.75 bits per heavy atom. The van der Waals surface area contributed by atoms with Crippen LogP contribution < -0.4 is 5.19 Å². The van der Waals surface area contributed by atoms with Crippen molar-refractivity contribution in [2.45, 2.75) is 31.9 Å². The smallest absolute Gasteiger partial charge is 0.0521 e. The van der Waals surface area contributed by atoms with Crippen LogP contribution in [-0.2, 0) is 0 Å². The molecule has 1 aromatic rings. The molecule has 3 heteroatoms. The minimum absolute atomic E-state index is 0.00443. The van der Waals surface area contributed by atoms with E-state index in [0.717, 1.165) is 0 Å². The highest BCUT2D eigenvalue weighted by Crippen LogP contribution is 2.06. The summed E-state index contributed by atoms with van der Waals surface area (Å²) in [7, 11) is -0.760. The van der Waals surface area contributed by atoms with Gasteiger partial charge in [-0.1, -0.05) is 67.4 Å². The Morgan fingerprint density at radius 3 is 2.25 bits per heavy atom. The predicted octanol–water partition coefficient (Wildman–Crippen LogP) is 1.96. The molecule has 88 valence electrons. The van der Waals surface area contributed by atoms with Gasteiger partial charge in [0.2, 0.25) is 0 Å².